The number of morpholine rings is 1. The Morgan fingerprint density at radius 1 is 1.11 bits per heavy atom. The second-order valence-corrected chi connectivity index (χ2v) is 9.59. The molecular formula is C29H34N4O4. The fraction of sp³-hybridized carbons (Fsp3) is 0.448. The van der Waals surface area contributed by atoms with Gasteiger partial charge in [-0.1, -0.05) is 12.1 Å². The number of pyridine rings is 1. The molecule has 0 bridgehead atoms. The van der Waals surface area contributed by atoms with Crippen LogP contribution in [0.1, 0.15) is 24.0 Å². The second kappa shape index (κ2) is 12.2. The molecule has 2 saturated heterocycles. The van der Waals surface area contributed by atoms with Gasteiger partial charge in [0.05, 0.1) is 43.7 Å². The fourth-order valence-corrected chi connectivity index (χ4v) is 4.93. The SMILES string of the molecule is COc1cc2c(Nc3ccc(CC4CCOC4)cc3)c(C#N)cnc2cc1OCCCN1CCOCC1. The highest BCUT2D eigenvalue weighted by Gasteiger charge is 2.17. The molecule has 3 aromatic rings. The minimum atomic E-state index is 0.473. The molecule has 0 spiro atoms. The van der Waals surface area contributed by atoms with Gasteiger partial charge in [0.15, 0.2) is 11.5 Å². The fourth-order valence-electron chi connectivity index (χ4n) is 4.93. The summed E-state index contributed by atoms with van der Waals surface area (Å²) in [5.41, 5.74) is 4.13. The van der Waals surface area contributed by atoms with Crippen LogP contribution in [0, 0.1) is 17.2 Å². The summed E-state index contributed by atoms with van der Waals surface area (Å²) in [6.45, 7) is 6.80. The number of hydrogen-bond donors (Lipinski definition) is 1. The van der Waals surface area contributed by atoms with Crippen molar-refractivity contribution in [1.29, 1.82) is 5.26 Å². The number of nitrogens with zero attached hydrogens (tertiary/aromatic N) is 3. The summed E-state index contributed by atoms with van der Waals surface area (Å²) >= 11 is 0. The van der Waals surface area contributed by atoms with Gasteiger partial charge in [-0.2, -0.15) is 5.26 Å². The molecule has 3 heterocycles. The number of ether oxygens (including phenoxy) is 4. The molecule has 2 aliphatic rings. The van der Waals surface area contributed by atoms with Crippen LogP contribution in [-0.2, 0) is 15.9 Å². The summed E-state index contributed by atoms with van der Waals surface area (Å²) in [5, 5.41) is 14.0. The number of nitriles is 1. The van der Waals surface area contributed by atoms with Crippen molar-refractivity contribution in [2.75, 3.05) is 65.1 Å². The third-order valence-corrected chi connectivity index (χ3v) is 7.03. The zero-order valence-corrected chi connectivity index (χ0v) is 21.4. The number of nitrogens with one attached hydrogen (secondary N) is 1. The van der Waals surface area contributed by atoms with Gasteiger partial charge in [-0.25, -0.2) is 0 Å². The molecule has 0 aliphatic carbocycles. The van der Waals surface area contributed by atoms with Crippen LogP contribution in [0.4, 0.5) is 11.4 Å². The monoisotopic (exact) mass is 502 g/mol. The molecule has 1 N–H and O–H groups in total. The van der Waals surface area contributed by atoms with Gasteiger partial charge < -0.3 is 24.3 Å². The quantitative estimate of drug-likeness (QED) is 0.404. The van der Waals surface area contributed by atoms with Gasteiger partial charge in [-0.15, -0.1) is 0 Å². The normalized spacial score (nSPS) is 18.0. The summed E-state index contributed by atoms with van der Waals surface area (Å²) in [4.78, 5) is 6.92. The lowest BCUT2D eigenvalue weighted by atomic mass is 9.98. The van der Waals surface area contributed by atoms with Gasteiger partial charge in [0, 0.05) is 56.2 Å². The molecule has 2 fully saturated rings. The highest BCUT2D eigenvalue weighted by atomic mass is 16.5. The lowest BCUT2D eigenvalue weighted by Crippen LogP contribution is -2.37. The van der Waals surface area contributed by atoms with Crippen molar-refractivity contribution < 1.29 is 18.9 Å². The Kier molecular flexibility index (Phi) is 8.36. The van der Waals surface area contributed by atoms with E-state index in [0.29, 0.717) is 35.3 Å². The molecule has 1 aromatic heterocycles. The zero-order chi connectivity index (χ0) is 25.5. The standard InChI is InChI=1S/C29H34N4O4/c1-34-27-16-25-26(17-28(27)37-11-2-8-33-9-13-35-14-10-33)31-19-23(18-30)29(25)32-24-5-3-21(4-6-24)15-22-7-12-36-20-22/h3-6,16-17,19,22H,2,7-15,20H2,1H3,(H,31,32). The third kappa shape index (κ3) is 6.31. The van der Waals surface area contributed by atoms with Crippen molar-refractivity contribution in [3.8, 4) is 17.6 Å². The molecule has 5 rings (SSSR count). The van der Waals surface area contributed by atoms with Gasteiger partial charge in [0.2, 0.25) is 0 Å². The van der Waals surface area contributed by atoms with E-state index < -0.39 is 0 Å². The summed E-state index contributed by atoms with van der Waals surface area (Å²) in [6.07, 6.45) is 4.66. The molecular weight excluding hydrogens is 468 g/mol. The van der Waals surface area contributed by atoms with Gasteiger partial charge in [0.1, 0.15) is 6.07 Å². The minimum Gasteiger partial charge on any atom is -0.493 e. The van der Waals surface area contributed by atoms with E-state index >= 15 is 0 Å². The number of anilines is 2. The molecule has 0 radical (unpaired) electrons. The topological polar surface area (TPSA) is 88.9 Å². The van der Waals surface area contributed by atoms with E-state index in [-0.39, 0.29) is 0 Å². The highest BCUT2D eigenvalue weighted by molar-refractivity contribution is 5.97. The first-order chi connectivity index (χ1) is 18.2. The summed E-state index contributed by atoms with van der Waals surface area (Å²) in [7, 11) is 1.63. The van der Waals surface area contributed by atoms with Crippen LogP contribution in [0.3, 0.4) is 0 Å². The molecule has 37 heavy (non-hydrogen) atoms. The number of methoxy groups -OCH3 is 1. The molecule has 194 valence electrons. The highest BCUT2D eigenvalue weighted by Crippen LogP contribution is 2.37. The van der Waals surface area contributed by atoms with E-state index in [9.17, 15) is 5.26 Å². The van der Waals surface area contributed by atoms with Gasteiger partial charge >= 0.3 is 0 Å². The van der Waals surface area contributed by atoms with Gasteiger partial charge in [-0.3, -0.25) is 9.88 Å². The minimum absolute atomic E-state index is 0.473. The number of rotatable bonds is 10. The Morgan fingerprint density at radius 3 is 2.68 bits per heavy atom. The van der Waals surface area contributed by atoms with E-state index in [4.69, 9.17) is 18.9 Å². The number of fused-ring (bicyclic) bond motifs is 1. The summed E-state index contributed by atoms with van der Waals surface area (Å²) in [6, 6.07) is 14.5. The predicted molar refractivity (Wildman–Crippen MR) is 143 cm³/mol. The van der Waals surface area contributed by atoms with Crippen molar-refractivity contribution in [2.24, 2.45) is 5.92 Å². The first kappa shape index (κ1) is 25.3. The van der Waals surface area contributed by atoms with Crippen molar-refractivity contribution >= 4 is 22.3 Å². The molecule has 1 atom stereocenters. The molecule has 0 saturated carbocycles. The molecule has 2 aliphatic heterocycles. The van der Waals surface area contributed by atoms with Crippen molar-refractivity contribution in [3.63, 3.8) is 0 Å². The predicted octanol–water partition coefficient (Wildman–Crippen LogP) is 4.54. The van der Waals surface area contributed by atoms with Crippen LogP contribution < -0.4 is 14.8 Å². The van der Waals surface area contributed by atoms with Crippen LogP contribution in [-0.4, -0.2) is 69.7 Å². The Hall–Kier alpha value is -3.38. The molecule has 2 aromatic carbocycles. The van der Waals surface area contributed by atoms with E-state index in [2.05, 4.69) is 45.5 Å². The maximum Gasteiger partial charge on any atom is 0.163 e. The Balaban J connectivity index is 1.31. The van der Waals surface area contributed by atoms with Crippen molar-refractivity contribution in [2.45, 2.75) is 19.3 Å². The summed E-state index contributed by atoms with van der Waals surface area (Å²) < 4.78 is 22.7. The average Bonchev–Trinajstić information content (AvgIpc) is 3.45. The molecule has 8 heteroatoms. The van der Waals surface area contributed by atoms with E-state index in [1.165, 1.54) is 5.56 Å². The van der Waals surface area contributed by atoms with Gasteiger partial charge in [0.25, 0.3) is 0 Å². The Labute approximate surface area is 218 Å². The molecule has 0 amide bonds. The zero-order valence-electron chi connectivity index (χ0n) is 21.4. The largest absolute Gasteiger partial charge is 0.493 e. The lowest BCUT2D eigenvalue weighted by Gasteiger charge is -2.26. The Bertz CT molecular complexity index is 1230. The number of benzene rings is 2. The number of hydrogen-bond acceptors (Lipinski definition) is 8. The summed E-state index contributed by atoms with van der Waals surface area (Å²) in [5.74, 6) is 1.87. The van der Waals surface area contributed by atoms with E-state index in [1.54, 1.807) is 13.3 Å². The second-order valence-electron chi connectivity index (χ2n) is 9.59. The number of aromatic nitrogens is 1. The lowest BCUT2D eigenvalue weighted by molar-refractivity contribution is 0.0357. The molecule has 1 unspecified atom stereocenters. The maximum absolute atomic E-state index is 9.78. The first-order valence-corrected chi connectivity index (χ1v) is 13.0. The van der Waals surface area contributed by atoms with Crippen molar-refractivity contribution in [3.05, 3.63) is 53.7 Å². The van der Waals surface area contributed by atoms with Crippen molar-refractivity contribution in [1.82, 2.24) is 9.88 Å². The maximum atomic E-state index is 9.78. The average molecular weight is 503 g/mol. The van der Waals surface area contributed by atoms with Crippen LogP contribution in [0.5, 0.6) is 11.5 Å². The van der Waals surface area contributed by atoms with Crippen LogP contribution >= 0.6 is 0 Å². The van der Waals surface area contributed by atoms with E-state index in [1.807, 2.05) is 12.1 Å². The van der Waals surface area contributed by atoms with Crippen LogP contribution in [0.2, 0.25) is 0 Å². The third-order valence-electron chi connectivity index (χ3n) is 7.03. The van der Waals surface area contributed by atoms with Crippen LogP contribution in [0.15, 0.2) is 42.6 Å². The smallest absolute Gasteiger partial charge is 0.163 e. The Morgan fingerprint density at radius 2 is 1.95 bits per heavy atom. The van der Waals surface area contributed by atoms with Gasteiger partial charge in [-0.05, 0) is 48.9 Å². The molecule has 8 nitrogen and oxygen atoms in total. The van der Waals surface area contributed by atoms with Crippen LogP contribution in [0.25, 0.3) is 10.9 Å². The van der Waals surface area contributed by atoms with E-state index in [0.717, 1.165) is 81.9 Å². The first-order valence-electron chi connectivity index (χ1n) is 13.0.